The van der Waals surface area contributed by atoms with E-state index in [4.69, 9.17) is 4.74 Å². The van der Waals surface area contributed by atoms with Crippen molar-refractivity contribution in [2.45, 2.75) is 52.6 Å². The van der Waals surface area contributed by atoms with Crippen LogP contribution >= 0.6 is 0 Å². The van der Waals surface area contributed by atoms with Crippen molar-refractivity contribution in [3.05, 3.63) is 58.7 Å². The fourth-order valence-corrected chi connectivity index (χ4v) is 3.10. The zero-order valence-corrected chi connectivity index (χ0v) is 14.7. The molecule has 3 heteroatoms. The van der Waals surface area contributed by atoms with Gasteiger partial charge in [-0.1, -0.05) is 12.1 Å². The van der Waals surface area contributed by atoms with E-state index in [1.807, 2.05) is 31.2 Å². The molecule has 0 heterocycles. The number of hydrogen-bond acceptors (Lipinski definition) is 2. The SMILES string of the molecule is Cc1ccc(NC(=O)C(C)Oc2ccc3c(c2)CCCC3)cc1C. The van der Waals surface area contributed by atoms with Gasteiger partial charge in [-0.2, -0.15) is 0 Å². The van der Waals surface area contributed by atoms with Crippen molar-refractivity contribution >= 4 is 11.6 Å². The summed E-state index contributed by atoms with van der Waals surface area (Å²) >= 11 is 0. The molecule has 3 rings (SSSR count). The van der Waals surface area contributed by atoms with Crippen LogP contribution in [0.4, 0.5) is 5.69 Å². The Morgan fingerprint density at radius 1 is 1.00 bits per heavy atom. The van der Waals surface area contributed by atoms with Crippen LogP contribution in [0.3, 0.4) is 0 Å². The van der Waals surface area contributed by atoms with Crippen LogP contribution in [-0.4, -0.2) is 12.0 Å². The minimum absolute atomic E-state index is 0.129. The van der Waals surface area contributed by atoms with Gasteiger partial charge in [0.1, 0.15) is 5.75 Å². The number of amides is 1. The van der Waals surface area contributed by atoms with Gasteiger partial charge in [0.15, 0.2) is 6.10 Å². The normalized spacial score (nSPS) is 14.6. The summed E-state index contributed by atoms with van der Waals surface area (Å²) in [4.78, 5) is 12.4. The predicted molar refractivity (Wildman–Crippen MR) is 97.7 cm³/mol. The molecule has 0 aromatic heterocycles. The molecule has 2 aromatic rings. The number of benzene rings is 2. The van der Waals surface area contributed by atoms with Crippen LogP contribution in [0, 0.1) is 13.8 Å². The van der Waals surface area contributed by atoms with E-state index in [0.717, 1.165) is 29.8 Å². The number of ether oxygens (including phenoxy) is 1. The third kappa shape index (κ3) is 3.78. The molecule has 1 N–H and O–H groups in total. The summed E-state index contributed by atoms with van der Waals surface area (Å²) in [5.41, 5.74) is 5.97. The van der Waals surface area contributed by atoms with Crippen molar-refractivity contribution in [3.63, 3.8) is 0 Å². The van der Waals surface area contributed by atoms with Crippen molar-refractivity contribution in [2.24, 2.45) is 0 Å². The van der Waals surface area contributed by atoms with Crippen LogP contribution in [0.5, 0.6) is 5.75 Å². The monoisotopic (exact) mass is 323 g/mol. The van der Waals surface area contributed by atoms with Crippen LogP contribution in [0.2, 0.25) is 0 Å². The fraction of sp³-hybridized carbons (Fsp3) is 0.381. The summed E-state index contributed by atoms with van der Waals surface area (Å²) in [6.45, 7) is 5.89. The summed E-state index contributed by atoms with van der Waals surface area (Å²) in [5.74, 6) is 0.648. The Morgan fingerprint density at radius 3 is 2.50 bits per heavy atom. The number of hydrogen-bond donors (Lipinski definition) is 1. The number of anilines is 1. The van der Waals surface area contributed by atoms with Crippen LogP contribution in [-0.2, 0) is 17.6 Å². The minimum atomic E-state index is -0.534. The summed E-state index contributed by atoms with van der Waals surface area (Å²) in [6.07, 6.45) is 4.23. The van der Waals surface area contributed by atoms with E-state index < -0.39 is 6.10 Å². The Hall–Kier alpha value is -2.29. The van der Waals surface area contributed by atoms with Crippen molar-refractivity contribution in [3.8, 4) is 5.75 Å². The molecule has 0 radical (unpaired) electrons. The summed E-state index contributed by atoms with van der Waals surface area (Å²) in [7, 11) is 0. The largest absolute Gasteiger partial charge is 0.481 e. The second-order valence-corrected chi connectivity index (χ2v) is 6.69. The maximum absolute atomic E-state index is 12.4. The Bertz CT molecular complexity index is 751. The minimum Gasteiger partial charge on any atom is -0.481 e. The van der Waals surface area contributed by atoms with Crippen molar-refractivity contribution < 1.29 is 9.53 Å². The van der Waals surface area contributed by atoms with E-state index in [-0.39, 0.29) is 5.91 Å². The van der Waals surface area contributed by atoms with Crippen LogP contribution in [0.1, 0.15) is 42.0 Å². The van der Waals surface area contributed by atoms with Gasteiger partial charge in [0.25, 0.3) is 5.91 Å². The van der Waals surface area contributed by atoms with Crippen molar-refractivity contribution in [2.75, 3.05) is 5.32 Å². The average Bonchev–Trinajstić information content (AvgIpc) is 2.58. The third-order valence-electron chi connectivity index (χ3n) is 4.78. The molecule has 0 spiro atoms. The molecule has 24 heavy (non-hydrogen) atoms. The Morgan fingerprint density at radius 2 is 1.75 bits per heavy atom. The molecule has 0 fully saturated rings. The number of fused-ring (bicyclic) bond motifs is 1. The van der Waals surface area contributed by atoms with Crippen molar-refractivity contribution in [1.29, 1.82) is 0 Å². The molecule has 3 nitrogen and oxygen atoms in total. The Balaban J connectivity index is 1.64. The van der Waals surface area contributed by atoms with E-state index >= 15 is 0 Å². The molecule has 2 aromatic carbocycles. The number of carbonyl (C=O) groups is 1. The molecule has 1 aliphatic rings. The number of carbonyl (C=O) groups excluding carboxylic acids is 1. The molecule has 1 atom stereocenters. The van der Waals surface area contributed by atoms with Gasteiger partial charge >= 0.3 is 0 Å². The molecule has 1 amide bonds. The Kier molecular flexibility index (Phi) is 4.89. The van der Waals surface area contributed by atoms with Crippen LogP contribution in [0.15, 0.2) is 36.4 Å². The first-order valence-electron chi connectivity index (χ1n) is 8.69. The molecule has 0 saturated carbocycles. The van der Waals surface area contributed by atoms with Gasteiger partial charge < -0.3 is 10.1 Å². The lowest BCUT2D eigenvalue weighted by Crippen LogP contribution is -2.30. The number of rotatable bonds is 4. The highest BCUT2D eigenvalue weighted by atomic mass is 16.5. The van der Waals surface area contributed by atoms with Crippen molar-refractivity contribution in [1.82, 2.24) is 0 Å². The van der Waals surface area contributed by atoms with Gasteiger partial charge in [0.05, 0.1) is 0 Å². The average molecular weight is 323 g/mol. The van der Waals surface area contributed by atoms with Gasteiger partial charge in [0, 0.05) is 5.69 Å². The predicted octanol–water partition coefficient (Wildman–Crippen LogP) is 4.59. The van der Waals surface area contributed by atoms with Crippen LogP contribution < -0.4 is 10.1 Å². The summed E-state index contributed by atoms with van der Waals surface area (Å²) in [5, 5.41) is 2.93. The van der Waals surface area contributed by atoms with Gasteiger partial charge in [0.2, 0.25) is 0 Å². The second kappa shape index (κ2) is 7.08. The first-order chi connectivity index (χ1) is 11.5. The standard InChI is InChI=1S/C21H25NO2/c1-14-8-10-19(12-15(14)2)22-21(23)16(3)24-20-11-9-17-6-4-5-7-18(17)13-20/h8-13,16H,4-7H2,1-3H3,(H,22,23). The smallest absolute Gasteiger partial charge is 0.265 e. The molecule has 1 unspecified atom stereocenters. The highest BCUT2D eigenvalue weighted by molar-refractivity contribution is 5.94. The van der Waals surface area contributed by atoms with E-state index in [1.165, 1.54) is 29.5 Å². The van der Waals surface area contributed by atoms with Gasteiger partial charge in [-0.25, -0.2) is 0 Å². The zero-order valence-electron chi connectivity index (χ0n) is 14.7. The molecular weight excluding hydrogens is 298 g/mol. The van der Waals surface area contributed by atoms with E-state index in [1.54, 1.807) is 6.92 Å². The second-order valence-electron chi connectivity index (χ2n) is 6.69. The van der Waals surface area contributed by atoms with Gasteiger partial charge in [-0.3, -0.25) is 4.79 Å². The maximum Gasteiger partial charge on any atom is 0.265 e. The topological polar surface area (TPSA) is 38.3 Å². The van der Waals surface area contributed by atoms with E-state index in [2.05, 4.69) is 24.4 Å². The maximum atomic E-state index is 12.4. The van der Waals surface area contributed by atoms with Gasteiger partial charge in [-0.15, -0.1) is 0 Å². The highest BCUT2D eigenvalue weighted by Gasteiger charge is 2.16. The Labute approximate surface area is 144 Å². The lowest BCUT2D eigenvalue weighted by Gasteiger charge is -2.19. The van der Waals surface area contributed by atoms with E-state index in [0.29, 0.717) is 0 Å². The lowest BCUT2D eigenvalue weighted by molar-refractivity contribution is -0.122. The fourth-order valence-electron chi connectivity index (χ4n) is 3.10. The first-order valence-corrected chi connectivity index (χ1v) is 8.69. The molecule has 126 valence electrons. The molecule has 0 saturated heterocycles. The van der Waals surface area contributed by atoms with Crippen LogP contribution in [0.25, 0.3) is 0 Å². The molecule has 1 aliphatic carbocycles. The molecular formula is C21H25NO2. The quantitative estimate of drug-likeness (QED) is 0.894. The molecule has 0 bridgehead atoms. The third-order valence-corrected chi connectivity index (χ3v) is 4.78. The zero-order chi connectivity index (χ0) is 17.1. The molecule has 0 aliphatic heterocycles. The highest BCUT2D eigenvalue weighted by Crippen LogP contribution is 2.26. The van der Waals surface area contributed by atoms with Gasteiger partial charge in [-0.05, 0) is 93.0 Å². The summed E-state index contributed by atoms with van der Waals surface area (Å²) < 4.78 is 5.86. The first kappa shape index (κ1) is 16.6. The summed E-state index contributed by atoms with van der Waals surface area (Å²) in [6, 6.07) is 12.1. The number of nitrogens with one attached hydrogen (secondary N) is 1. The number of aryl methyl sites for hydroxylation is 4. The lowest BCUT2D eigenvalue weighted by atomic mass is 9.92. The van der Waals surface area contributed by atoms with E-state index in [9.17, 15) is 4.79 Å².